The Hall–Kier alpha value is -20.4. The Balaban J connectivity index is 0.000000105. The minimum Gasteiger partial charge on any atom is -0.264 e. The molecule has 0 amide bonds. The molecule has 30 rings (SSSR count). The molecule has 0 bridgehead atoms. The first-order chi connectivity index (χ1) is 71.3. The van der Waals surface area contributed by atoms with Gasteiger partial charge in [0.15, 0.2) is 33.1 Å². The first kappa shape index (κ1) is 81.9. The Morgan fingerprint density at radius 1 is 0.139 bits per heavy atom. The van der Waals surface area contributed by atoms with Crippen molar-refractivity contribution >= 4 is 253 Å². The Kier molecular flexibility index (Phi) is 19.2. The van der Waals surface area contributed by atoms with Gasteiger partial charge in [-0.25, -0.2) is 59.8 Å². The van der Waals surface area contributed by atoms with Gasteiger partial charge in [0.2, 0.25) is 0 Å². The molecular formula is C120H68N24+2. The van der Waals surface area contributed by atoms with Crippen LogP contribution >= 0.6 is 0 Å². The van der Waals surface area contributed by atoms with Crippen molar-refractivity contribution < 1.29 is 8.80 Å². The average Bonchev–Trinajstić information content (AvgIpc) is 0.661. The van der Waals surface area contributed by atoms with Crippen molar-refractivity contribution in [1.82, 2.24) is 110 Å². The normalized spacial score (nSPS) is 11.8. The molecule has 144 heavy (non-hydrogen) atoms. The van der Waals surface area contributed by atoms with Crippen molar-refractivity contribution in [2.24, 2.45) is 0 Å². The van der Waals surface area contributed by atoms with Crippen molar-refractivity contribution in [1.29, 1.82) is 0 Å². The van der Waals surface area contributed by atoms with E-state index in [1.54, 1.807) is 49.6 Å². The number of hydrogen-bond donors (Lipinski definition) is 0. The molecule has 0 unspecified atom stereocenters. The molecule has 17 aromatic heterocycles. The van der Waals surface area contributed by atoms with Gasteiger partial charge in [-0.1, -0.05) is 234 Å². The molecule has 0 saturated carbocycles. The molecule has 0 radical (unpaired) electrons. The van der Waals surface area contributed by atoms with Gasteiger partial charge in [0.25, 0.3) is 22.6 Å². The Bertz CT molecular complexity index is 9110. The van der Waals surface area contributed by atoms with Crippen LogP contribution in [0.2, 0.25) is 0 Å². The zero-order valence-corrected chi connectivity index (χ0v) is 76.0. The smallest absolute Gasteiger partial charge is 0.264 e. The summed E-state index contributed by atoms with van der Waals surface area (Å²) in [7, 11) is 0. The molecule has 0 aliphatic carbocycles. The lowest BCUT2D eigenvalue weighted by molar-refractivity contribution is -0.483. The van der Waals surface area contributed by atoms with Crippen LogP contribution in [0.15, 0.2) is 414 Å². The maximum absolute atomic E-state index is 5.41. The molecule has 666 valence electrons. The molecule has 0 aliphatic heterocycles. The van der Waals surface area contributed by atoms with E-state index in [2.05, 4.69) is 194 Å². The molecule has 24 nitrogen and oxygen atoms in total. The second-order valence-electron chi connectivity index (χ2n) is 35.0. The summed E-state index contributed by atoms with van der Waals surface area (Å²) in [6.45, 7) is 0. The van der Waals surface area contributed by atoms with Crippen molar-refractivity contribution in [3.05, 3.63) is 414 Å². The fourth-order valence-electron chi connectivity index (χ4n) is 19.6. The van der Waals surface area contributed by atoms with E-state index in [1.807, 2.05) is 199 Å². The maximum atomic E-state index is 5.41. The molecular weight excluding hydrogens is 1780 g/mol. The van der Waals surface area contributed by atoms with Crippen LogP contribution in [0.25, 0.3) is 286 Å². The zero-order chi connectivity index (χ0) is 94.8. The quantitative estimate of drug-likeness (QED) is 0.0902. The number of fused-ring (bicyclic) bond motifs is 39. The second kappa shape index (κ2) is 33.8. The molecule has 13 aromatic carbocycles. The summed E-state index contributed by atoms with van der Waals surface area (Å²) in [6.07, 6.45) is 18.0. The highest BCUT2D eigenvalue weighted by atomic mass is 15.1. The summed E-state index contributed by atoms with van der Waals surface area (Å²) < 4.78 is 3.97. The van der Waals surface area contributed by atoms with Gasteiger partial charge < -0.3 is 0 Å². The highest BCUT2D eigenvalue weighted by Crippen LogP contribution is 2.39. The lowest BCUT2D eigenvalue weighted by Crippen LogP contribution is -2.25. The Labute approximate surface area is 813 Å². The van der Waals surface area contributed by atoms with Gasteiger partial charge in [-0.15, -0.1) is 9.97 Å². The Morgan fingerprint density at radius 3 is 0.833 bits per heavy atom. The van der Waals surface area contributed by atoms with Gasteiger partial charge in [-0.3, -0.25) is 29.9 Å². The fourth-order valence-corrected chi connectivity index (χ4v) is 19.6. The number of para-hydroxylation sites is 5. The van der Waals surface area contributed by atoms with Gasteiger partial charge in [-0.05, 0) is 166 Å². The van der Waals surface area contributed by atoms with E-state index in [4.69, 9.17) is 89.7 Å². The number of nitrogens with zero attached hydrogens (tertiary/aromatic N) is 24. The van der Waals surface area contributed by atoms with Crippen LogP contribution in [-0.4, -0.2) is 110 Å². The first-order valence-corrected chi connectivity index (χ1v) is 46.9. The predicted octanol–water partition coefficient (Wildman–Crippen LogP) is 25.0. The third kappa shape index (κ3) is 14.1. The van der Waals surface area contributed by atoms with Gasteiger partial charge in [0.1, 0.15) is 71.7 Å². The van der Waals surface area contributed by atoms with Crippen LogP contribution < -0.4 is 8.80 Å². The second-order valence-corrected chi connectivity index (χ2v) is 35.0. The Morgan fingerprint density at radius 2 is 0.410 bits per heavy atom. The highest BCUT2D eigenvalue weighted by Gasteiger charge is 2.27. The monoisotopic (exact) mass is 1840 g/mol. The minimum absolute atomic E-state index is 0.473. The lowest BCUT2D eigenvalue weighted by atomic mass is 10.0. The molecule has 24 heteroatoms. The molecule has 0 N–H and O–H groups in total. The van der Waals surface area contributed by atoms with Crippen LogP contribution in [0.4, 0.5) is 0 Å². The van der Waals surface area contributed by atoms with Crippen molar-refractivity contribution in [2.75, 3.05) is 0 Å². The number of rotatable bonds is 3. The number of benzene rings is 13. The summed E-state index contributed by atoms with van der Waals surface area (Å²) in [4.78, 5) is 112. The average molecular weight is 1850 g/mol. The third-order valence-electron chi connectivity index (χ3n) is 26.4. The molecule has 0 aliphatic rings. The molecule has 30 aromatic rings. The van der Waals surface area contributed by atoms with Crippen molar-refractivity contribution in [3.8, 4) is 33.4 Å². The summed E-state index contributed by atoms with van der Waals surface area (Å²) in [5.41, 5.74) is 30.7. The summed E-state index contributed by atoms with van der Waals surface area (Å²) >= 11 is 0. The van der Waals surface area contributed by atoms with E-state index >= 15 is 0 Å². The van der Waals surface area contributed by atoms with Gasteiger partial charge in [0.05, 0.1) is 90.3 Å². The topological polar surface area (TPSA) is 292 Å². The van der Waals surface area contributed by atoms with E-state index < -0.39 is 0 Å². The van der Waals surface area contributed by atoms with E-state index in [0.717, 1.165) is 148 Å². The maximum Gasteiger partial charge on any atom is 0.296 e. The molecule has 0 saturated heterocycles. The van der Waals surface area contributed by atoms with Crippen LogP contribution in [0, 0.1) is 0 Å². The first-order valence-electron chi connectivity index (χ1n) is 46.9. The van der Waals surface area contributed by atoms with Crippen molar-refractivity contribution in [2.45, 2.75) is 0 Å². The number of aromatic nitrogens is 24. The fraction of sp³-hybridized carbons (Fsp3) is 0. The highest BCUT2D eigenvalue weighted by molar-refractivity contribution is 6.22. The summed E-state index contributed by atoms with van der Waals surface area (Å²) in [5, 5.41) is 9.69. The van der Waals surface area contributed by atoms with Crippen LogP contribution in [0.5, 0.6) is 0 Å². The van der Waals surface area contributed by atoms with Crippen LogP contribution in [0.1, 0.15) is 0 Å². The summed E-state index contributed by atoms with van der Waals surface area (Å²) in [6, 6.07) is 118. The van der Waals surface area contributed by atoms with E-state index in [-0.39, 0.29) is 0 Å². The van der Waals surface area contributed by atoms with Crippen molar-refractivity contribution in [3.63, 3.8) is 0 Å². The van der Waals surface area contributed by atoms with E-state index in [1.165, 1.54) is 0 Å². The molecule has 0 atom stereocenters. The number of hydrogen-bond acceptors (Lipinski definition) is 22. The van der Waals surface area contributed by atoms with E-state index in [9.17, 15) is 0 Å². The predicted molar refractivity (Wildman–Crippen MR) is 571 cm³/mol. The number of pyridine rings is 8. The van der Waals surface area contributed by atoms with Gasteiger partial charge >= 0.3 is 0 Å². The van der Waals surface area contributed by atoms with Gasteiger partial charge in [0, 0.05) is 91.9 Å². The van der Waals surface area contributed by atoms with Crippen LogP contribution in [-0.2, 0) is 0 Å². The van der Waals surface area contributed by atoms with E-state index in [0.29, 0.717) is 138 Å². The SMILES string of the molecule is c1ccc(-c2ccc3nc4c5nc6cc(-c7ccccc7)ccc6nc5c5nc6cc(-c7ccccc7)ccc6nc5c4nc3c2)cc1.c1ccc2c(c1)c[n+]1c(nc3ccccc32)c2nc3ccccc3c3ccccc3nc2c2nc3ccccc3c3ccccc3nc21.c1cnc2c(c1)nc1c3nc4cccnc4c4ncccc4nc3c3nc4cccnc4c4ccncc4nc3[n+]1cc1cnccc12. The zero-order valence-electron chi connectivity index (χ0n) is 76.0. The molecule has 0 fully saturated rings. The minimum atomic E-state index is 0.473. The summed E-state index contributed by atoms with van der Waals surface area (Å²) in [5.74, 6) is 0. The third-order valence-corrected chi connectivity index (χ3v) is 26.4. The molecule has 17 heterocycles. The van der Waals surface area contributed by atoms with Crippen LogP contribution in [0.3, 0.4) is 0 Å². The largest absolute Gasteiger partial charge is 0.296 e. The lowest BCUT2D eigenvalue weighted by Gasteiger charge is -2.12. The van der Waals surface area contributed by atoms with Gasteiger partial charge in [-0.2, -0.15) is 8.80 Å². The molecule has 0 spiro atoms. The standard InChI is InChI=1S/C42H24N6.C42H25N6.C36H19N12/c1-4-10-25(11-5-1)28-16-19-31-34(22-28)46-40-37(43-31)41-39(45-33-21-18-30(24-36(33)47-41)27-14-8-3-9-15-27)42-38(40)44-32-20-17-29(23-35(32)48-42)26-12-6-2-7-13-26;1-2-14-27-26(13-1)25-48-41(46-36-23-11-3-15-28(27)36)39-38(43-33-20-8-4-16-29(33)30-17-5-9-21-34(30)44-39)40-42(48)47-37-24-12-7-19-32(37)31-18-6-10-22-35(31)45-40;1-5-23-29(40-12-1)22-10-16-38-18-27(22)47-36-34(44-23)32-33(45-26-8-4-14-42-31(26)30-25(43-32)7-3-13-41-30)35-46-24-6-2-11-39-28(24)21-9-15-37-17-20(21)19-48(35)36/h1-24H;1-25H;1-19H/q;2*+1.